The summed E-state index contributed by atoms with van der Waals surface area (Å²) in [6, 6.07) is 0.784. The van der Waals surface area contributed by atoms with E-state index in [4.69, 9.17) is 11.5 Å². The van der Waals surface area contributed by atoms with Crippen molar-refractivity contribution < 1.29 is 0 Å². The molecule has 0 aromatic rings. The van der Waals surface area contributed by atoms with Crippen molar-refractivity contribution in [1.82, 2.24) is 0 Å². The van der Waals surface area contributed by atoms with Gasteiger partial charge in [0, 0.05) is 12.1 Å². The van der Waals surface area contributed by atoms with E-state index in [2.05, 4.69) is 34.6 Å². The fraction of sp³-hybridized carbons (Fsp3) is 1.00. The maximum absolute atomic E-state index is 5.57. The van der Waals surface area contributed by atoms with Crippen LogP contribution >= 0.6 is 0 Å². The van der Waals surface area contributed by atoms with Gasteiger partial charge in [0.05, 0.1) is 0 Å². The topological polar surface area (TPSA) is 52.0 Å². The Morgan fingerprint density at radius 1 is 0.875 bits per heavy atom. The fourth-order valence-electron chi connectivity index (χ4n) is 1.52. The van der Waals surface area contributed by atoms with Crippen LogP contribution in [0.15, 0.2) is 0 Å². The summed E-state index contributed by atoms with van der Waals surface area (Å²) in [6.07, 6.45) is 7.54. The first kappa shape index (κ1) is 18.3. The number of rotatable bonds is 7. The van der Waals surface area contributed by atoms with Crippen LogP contribution in [0.25, 0.3) is 0 Å². The van der Waals surface area contributed by atoms with Crippen LogP contribution in [0.2, 0.25) is 0 Å². The Morgan fingerprint density at radius 3 is 1.69 bits per heavy atom. The summed E-state index contributed by atoms with van der Waals surface area (Å²) in [5.74, 6) is 0.801. The summed E-state index contributed by atoms with van der Waals surface area (Å²) in [5, 5.41) is 0. The molecule has 0 spiro atoms. The third-order valence-corrected chi connectivity index (χ3v) is 2.73. The van der Waals surface area contributed by atoms with Crippen molar-refractivity contribution in [2.24, 2.45) is 17.4 Å². The minimum atomic E-state index is 0.380. The first-order chi connectivity index (χ1) is 7.43. The van der Waals surface area contributed by atoms with Crippen molar-refractivity contribution in [2.75, 3.05) is 0 Å². The fourth-order valence-corrected chi connectivity index (χ4v) is 1.52. The molecule has 0 saturated heterocycles. The van der Waals surface area contributed by atoms with Gasteiger partial charge in [-0.3, -0.25) is 0 Å². The molecule has 0 saturated carbocycles. The van der Waals surface area contributed by atoms with Crippen molar-refractivity contribution in [3.05, 3.63) is 0 Å². The average molecular weight is 230 g/mol. The first-order valence-electron chi connectivity index (χ1n) is 6.95. The van der Waals surface area contributed by atoms with Gasteiger partial charge >= 0.3 is 0 Å². The van der Waals surface area contributed by atoms with Crippen molar-refractivity contribution in [1.29, 1.82) is 0 Å². The summed E-state index contributed by atoms with van der Waals surface area (Å²) in [5.41, 5.74) is 11.1. The average Bonchev–Trinajstić information content (AvgIpc) is 2.17. The van der Waals surface area contributed by atoms with Gasteiger partial charge in [0.25, 0.3) is 0 Å². The molecule has 3 unspecified atom stereocenters. The molecule has 0 radical (unpaired) electrons. The number of hydrogen-bond acceptors (Lipinski definition) is 2. The number of nitrogens with two attached hydrogens (primary N) is 2. The third kappa shape index (κ3) is 19.5. The standard InChI is InChI=1S/2C7H17N/c1-4-6(2)5-7(3)8;1-3-4-5-6-7(2)8/h6-7H,4-5,8H2,1-3H3;7H,3-6,8H2,1-2H3. The molecule has 2 nitrogen and oxygen atoms in total. The molecule has 0 aliphatic carbocycles. The summed E-state index contributed by atoms with van der Waals surface area (Å²) in [4.78, 5) is 0. The predicted octanol–water partition coefficient (Wildman–Crippen LogP) is 3.68. The highest BCUT2D eigenvalue weighted by atomic mass is 14.6. The Morgan fingerprint density at radius 2 is 1.44 bits per heavy atom. The zero-order chi connectivity index (χ0) is 13.0. The van der Waals surface area contributed by atoms with Gasteiger partial charge in [-0.25, -0.2) is 0 Å². The lowest BCUT2D eigenvalue weighted by Crippen LogP contribution is -2.17. The van der Waals surface area contributed by atoms with Crippen LogP contribution in [0.3, 0.4) is 0 Å². The second-order valence-electron chi connectivity index (χ2n) is 5.20. The SMILES string of the molecule is CCC(C)CC(C)N.CCCCCC(C)N. The second kappa shape index (κ2) is 13.0. The molecule has 0 heterocycles. The zero-order valence-corrected chi connectivity index (χ0v) is 12.1. The van der Waals surface area contributed by atoms with E-state index in [1.165, 1.54) is 32.1 Å². The molecule has 0 rings (SSSR count). The van der Waals surface area contributed by atoms with E-state index < -0.39 is 0 Å². The highest BCUT2D eigenvalue weighted by Gasteiger charge is 2.00. The van der Waals surface area contributed by atoms with Crippen LogP contribution in [-0.4, -0.2) is 12.1 Å². The Labute approximate surface area is 103 Å². The van der Waals surface area contributed by atoms with Crippen molar-refractivity contribution in [2.45, 2.75) is 85.2 Å². The van der Waals surface area contributed by atoms with E-state index in [9.17, 15) is 0 Å². The first-order valence-corrected chi connectivity index (χ1v) is 6.95. The van der Waals surface area contributed by atoms with E-state index >= 15 is 0 Å². The van der Waals surface area contributed by atoms with E-state index in [0.717, 1.165) is 12.3 Å². The minimum absolute atomic E-state index is 0.380. The predicted molar refractivity (Wildman–Crippen MR) is 75.5 cm³/mol. The Balaban J connectivity index is 0. The molecule has 0 amide bonds. The van der Waals surface area contributed by atoms with Gasteiger partial charge in [-0.05, 0) is 32.6 Å². The van der Waals surface area contributed by atoms with E-state index in [0.29, 0.717) is 12.1 Å². The second-order valence-corrected chi connectivity index (χ2v) is 5.20. The van der Waals surface area contributed by atoms with Crippen LogP contribution in [-0.2, 0) is 0 Å². The van der Waals surface area contributed by atoms with Crippen molar-refractivity contribution in [3.8, 4) is 0 Å². The lowest BCUT2D eigenvalue weighted by molar-refractivity contribution is 0.469. The smallest absolute Gasteiger partial charge is 0.00130 e. The Hall–Kier alpha value is -0.0800. The van der Waals surface area contributed by atoms with Crippen LogP contribution in [0.4, 0.5) is 0 Å². The van der Waals surface area contributed by atoms with Crippen LogP contribution < -0.4 is 11.5 Å². The van der Waals surface area contributed by atoms with Crippen LogP contribution in [0.5, 0.6) is 0 Å². The van der Waals surface area contributed by atoms with Gasteiger partial charge in [0.15, 0.2) is 0 Å². The monoisotopic (exact) mass is 230 g/mol. The summed E-state index contributed by atoms with van der Waals surface area (Å²) >= 11 is 0. The quantitative estimate of drug-likeness (QED) is 0.655. The van der Waals surface area contributed by atoms with Gasteiger partial charge in [-0.1, -0.05) is 46.5 Å². The summed E-state index contributed by atoms with van der Waals surface area (Å²) in [6.45, 7) is 10.8. The lowest BCUT2D eigenvalue weighted by atomic mass is 10.0. The van der Waals surface area contributed by atoms with Crippen molar-refractivity contribution in [3.63, 3.8) is 0 Å². The van der Waals surface area contributed by atoms with Crippen molar-refractivity contribution >= 4 is 0 Å². The van der Waals surface area contributed by atoms with Gasteiger partial charge < -0.3 is 11.5 Å². The molecule has 3 atom stereocenters. The number of hydrogen-bond donors (Lipinski definition) is 2. The van der Waals surface area contributed by atoms with Crippen LogP contribution in [0.1, 0.15) is 73.1 Å². The van der Waals surface area contributed by atoms with Crippen LogP contribution in [0, 0.1) is 5.92 Å². The van der Waals surface area contributed by atoms with E-state index in [1.54, 1.807) is 0 Å². The number of unbranched alkanes of at least 4 members (excludes halogenated alkanes) is 2. The third-order valence-electron chi connectivity index (χ3n) is 2.73. The maximum atomic E-state index is 5.57. The molecule has 0 aliphatic heterocycles. The minimum Gasteiger partial charge on any atom is -0.328 e. The molecular formula is C14H34N2. The highest BCUT2D eigenvalue weighted by molar-refractivity contribution is 4.57. The lowest BCUT2D eigenvalue weighted by Gasteiger charge is -2.09. The molecule has 0 bridgehead atoms. The van der Waals surface area contributed by atoms with Gasteiger partial charge in [0.1, 0.15) is 0 Å². The molecule has 0 aromatic carbocycles. The Bertz CT molecular complexity index is 122. The molecule has 4 N–H and O–H groups in total. The van der Waals surface area contributed by atoms with Gasteiger partial charge in [-0.2, -0.15) is 0 Å². The highest BCUT2D eigenvalue weighted by Crippen LogP contribution is 2.07. The summed E-state index contributed by atoms with van der Waals surface area (Å²) in [7, 11) is 0. The molecule has 0 fully saturated rings. The van der Waals surface area contributed by atoms with Gasteiger partial charge in [0.2, 0.25) is 0 Å². The summed E-state index contributed by atoms with van der Waals surface area (Å²) < 4.78 is 0. The maximum Gasteiger partial charge on any atom is 0.00130 e. The molecule has 16 heavy (non-hydrogen) atoms. The normalized spacial score (nSPS) is 15.9. The largest absolute Gasteiger partial charge is 0.328 e. The molecule has 100 valence electrons. The zero-order valence-electron chi connectivity index (χ0n) is 12.1. The molecule has 2 heteroatoms. The molecule has 0 aromatic heterocycles. The van der Waals surface area contributed by atoms with Gasteiger partial charge in [-0.15, -0.1) is 0 Å². The van der Waals surface area contributed by atoms with E-state index in [-0.39, 0.29) is 0 Å². The van der Waals surface area contributed by atoms with E-state index in [1.807, 2.05) is 0 Å². The molecule has 0 aliphatic rings. The molecular weight excluding hydrogens is 196 g/mol. The Kier molecular flexibility index (Phi) is 14.8.